The number of rotatable bonds is 2. The summed E-state index contributed by atoms with van der Waals surface area (Å²) in [6.45, 7) is 10.1. The predicted octanol–water partition coefficient (Wildman–Crippen LogP) is 3.32. The molecule has 0 bridgehead atoms. The maximum atomic E-state index is 11.1. The van der Waals surface area contributed by atoms with E-state index in [1.54, 1.807) is 0 Å². The summed E-state index contributed by atoms with van der Waals surface area (Å²) in [5.74, 6) is 0.344. The Hall–Kier alpha value is -0.790. The summed E-state index contributed by atoms with van der Waals surface area (Å²) >= 11 is 0. The maximum Gasteiger partial charge on any atom is 0.303 e. The Morgan fingerprint density at radius 1 is 1.53 bits per heavy atom. The van der Waals surface area contributed by atoms with Crippen molar-refractivity contribution >= 4 is 5.97 Å². The van der Waals surface area contributed by atoms with Gasteiger partial charge in [-0.15, -0.1) is 0 Å². The predicted molar refractivity (Wildman–Crippen MR) is 61.5 cm³/mol. The Labute approximate surface area is 92.7 Å². The molecule has 0 radical (unpaired) electrons. The first kappa shape index (κ1) is 12.3. The fraction of sp³-hybridized carbons (Fsp3) is 0.769. The van der Waals surface area contributed by atoms with Gasteiger partial charge < -0.3 is 4.74 Å². The molecule has 86 valence electrons. The minimum atomic E-state index is -0.176. The molecule has 1 saturated carbocycles. The Kier molecular flexibility index (Phi) is 3.58. The molecule has 1 rings (SSSR count). The fourth-order valence-electron chi connectivity index (χ4n) is 2.23. The number of carbonyl (C=O) groups is 1. The van der Waals surface area contributed by atoms with E-state index in [1.807, 2.05) is 0 Å². The highest BCUT2D eigenvalue weighted by Crippen LogP contribution is 2.43. The lowest BCUT2D eigenvalue weighted by Crippen LogP contribution is -2.29. The van der Waals surface area contributed by atoms with Gasteiger partial charge in [-0.05, 0) is 24.3 Å². The molecule has 2 heteroatoms. The molecule has 0 saturated heterocycles. The van der Waals surface area contributed by atoms with Crippen LogP contribution < -0.4 is 0 Å². The van der Waals surface area contributed by atoms with E-state index in [1.165, 1.54) is 12.5 Å². The first-order valence-corrected chi connectivity index (χ1v) is 5.71. The van der Waals surface area contributed by atoms with Crippen LogP contribution in [0.2, 0.25) is 0 Å². The van der Waals surface area contributed by atoms with Gasteiger partial charge >= 0.3 is 5.97 Å². The van der Waals surface area contributed by atoms with Crippen molar-refractivity contribution in [1.29, 1.82) is 0 Å². The van der Waals surface area contributed by atoms with Gasteiger partial charge in [0.15, 0.2) is 0 Å². The minimum absolute atomic E-state index is 0.0163. The van der Waals surface area contributed by atoms with Gasteiger partial charge in [-0.3, -0.25) is 4.79 Å². The van der Waals surface area contributed by atoms with Gasteiger partial charge in [0.2, 0.25) is 0 Å². The van der Waals surface area contributed by atoms with Crippen molar-refractivity contribution in [3.8, 4) is 0 Å². The number of allylic oxidation sites excluding steroid dienone is 1. The van der Waals surface area contributed by atoms with Gasteiger partial charge in [0.1, 0.15) is 6.10 Å². The Bertz CT molecular complexity index is 274. The third-order valence-electron chi connectivity index (χ3n) is 2.94. The molecule has 0 aromatic carbocycles. The van der Waals surface area contributed by atoms with Crippen molar-refractivity contribution in [2.75, 3.05) is 0 Å². The molecular formula is C13H22O2. The van der Waals surface area contributed by atoms with Crippen molar-refractivity contribution in [1.82, 2.24) is 0 Å². The lowest BCUT2D eigenvalue weighted by molar-refractivity contribution is -0.148. The Balaban J connectivity index is 2.86. The van der Waals surface area contributed by atoms with E-state index >= 15 is 0 Å². The molecule has 1 atom stereocenters. The highest BCUT2D eigenvalue weighted by Gasteiger charge is 2.40. The van der Waals surface area contributed by atoms with Crippen LogP contribution in [-0.2, 0) is 9.53 Å². The van der Waals surface area contributed by atoms with E-state index in [0.29, 0.717) is 5.92 Å². The third-order valence-corrected chi connectivity index (χ3v) is 2.94. The quantitative estimate of drug-likeness (QED) is 0.516. The molecule has 0 aromatic heterocycles. The average molecular weight is 210 g/mol. The first-order valence-electron chi connectivity index (χ1n) is 5.71. The molecule has 15 heavy (non-hydrogen) atoms. The number of hydrogen-bond donors (Lipinski definition) is 0. The molecule has 0 heterocycles. The van der Waals surface area contributed by atoms with E-state index in [9.17, 15) is 4.79 Å². The molecule has 1 unspecified atom stereocenters. The molecule has 0 amide bonds. The monoisotopic (exact) mass is 210 g/mol. The SMILES string of the molecule is CC(=O)OC1/C(=C/C(C)C)CCC1(C)C. The van der Waals surface area contributed by atoms with Crippen molar-refractivity contribution in [2.24, 2.45) is 11.3 Å². The van der Waals surface area contributed by atoms with Crippen molar-refractivity contribution in [3.05, 3.63) is 11.6 Å². The van der Waals surface area contributed by atoms with E-state index < -0.39 is 0 Å². The summed E-state index contributed by atoms with van der Waals surface area (Å²) in [4.78, 5) is 11.1. The third kappa shape index (κ3) is 3.08. The molecule has 1 aliphatic rings. The molecule has 1 aliphatic carbocycles. The Morgan fingerprint density at radius 2 is 2.13 bits per heavy atom. The second kappa shape index (κ2) is 4.38. The molecule has 0 spiro atoms. The summed E-state index contributed by atoms with van der Waals surface area (Å²) < 4.78 is 5.43. The molecule has 0 aliphatic heterocycles. The second-order valence-corrected chi connectivity index (χ2v) is 5.46. The highest BCUT2D eigenvalue weighted by atomic mass is 16.5. The van der Waals surface area contributed by atoms with Gasteiger partial charge in [0, 0.05) is 12.3 Å². The lowest BCUT2D eigenvalue weighted by atomic mass is 9.88. The molecule has 0 aromatic rings. The van der Waals surface area contributed by atoms with E-state index in [-0.39, 0.29) is 17.5 Å². The van der Waals surface area contributed by atoms with E-state index in [0.717, 1.165) is 12.8 Å². The molecule has 2 nitrogen and oxygen atoms in total. The highest BCUT2D eigenvalue weighted by molar-refractivity contribution is 5.66. The van der Waals surface area contributed by atoms with Crippen LogP contribution in [0.1, 0.15) is 47.5 Å². The summed E-state index contributed by atoms with van der Waals surface area (Å²) in [7, 11) is 0. The normalized spacial score (nSPS) is 27.3. The van der Waals surface area contributed by atoms with Crippen LogP contribution >= 0.6 is 0 Å². The fourth-order valence-corrected chi connectivity index (χ4v) is 2.23. The van der Waals surface area contributed by atoms with Crippen LogP contribution in [0.4, 0.5) is 0 Å². The molecule has 0 N–H and O–H groups in total. The van der Waals surface area contributed by atoms with Crippen LogP contribution in [0.15, 0.2) is 11.6 Å². The topological polar surface area (TPSA) is 26.3 Å². The number of esters is 1. The van der Waals surface area contributed by atoms with E-state index in [2.05, 4.69) is 33.8 Å². The van der Waals surface area contributed by atoms with Crippen LogP contribution in [0, 0.1) is 11.3 Å². The van der Waals surface area contributed by atoms with Crippen molar-refractivity contribution < 1.29 is 9.53 Å². The number of hydrogen-bond acceptors (Lipinski definition) is 2. The Morgan fingerprint density at radius 3 is 2.60 bits per heavy atom. The molecular weight excluding hydrogens is 188 g/mol. The summed E-state index contributed by atoms with van der Waals surface area (Å²) in [5.41, 5.74) is 1.39. The average Bonchev–Trinajstić information content (AvgIpc) is 2.30. The van der Waals surface area contributed by atoms with E-state index in [4.69, 9.17) is 4.74 Å². The van der Waals surface area contributed by atoms with Crippen LogP contribution in [0.3, 0.4) is 0 Å². The summed E-state index contributed by atoms with van der Waals surface area (Å²) in [6.07, 6.45) is 4.38. The van der Waals surface area contributed by atoms with Crippen LogP contribution in [0.5, 0.6) is 0 Å². The van der Waals surface area contributed by atoms with Crippen LogP contribution in [-0.4, -0.2) is 12.1 Å². The van der Waals surface area contributed by atoms with Crippen molar-refractivity contribution in [3.63, 3.8) is 0 Å². The number of carbonyl (C=O) groups excluding carboxylic acids is 1. The van der Waals surface area contributed by atoms with Crippen LogP contribution in [0.25, 0.3) is 0 Å². The maximum absolute atomic E-state index is 11.1. The molecule has 1 fully saturated rings. The largest absolute Gasteiger partial charge is 0.457 e. The van der Waals surface area contributed by atoms with Gasteiger partial charge in [-0.1, -0.05) is 33.8 Å². The summed E-state index contributed by atoms with van der Waals surface area (Å²) in [5, 5.41) is 0. The lowest BCUT2D eigenvalue weighted by Gasteiger charge is -2.27. The zero-order valence-electron chi connectivity index (χ0n) is 10.5. The second-order valence-electron chi connectivity index (χ2n) is 5.46. The van der Waals surface area contributed by atoms with Gasteiger partial charge in [0.25, 0.3) is 0 Å². The zero-order valence-corrected chi connectivity index (χ0v) is 10.5. The minimum Gasteiger partial charge on any atom is -0.457 e. The van der Waals surface area contributed by atoms with Gasteiger partial charge in [-0.25, -0.2) is 0 Å². The first-order chi connectivity index (χ1) is 6.83. The zero-order chi connectivity index (χ0) is 11.6. The summed E-state index contributed by atoms with van der Waals surface area (Å²) in [6, 6.07) is 0. The van der Waals surface area contributed by atoms with Crippen molar-refractivity contribution in [2.45, 2.75) is 53.6 Å². The van der Waals surface area contributed by atoms with Gasteiger partial charge in [0.05, 0.1) is 0 Å². The number of ether oxygens (including phenoxy) is 1. The smallest absolute Gasteiger partial charge is 0.303 e. The van der Waals surface area contributed by atoms with Gasteiger partial charge in [-0.2, -0.15) is 0 Å². The standard InChI is InChI=1S/C13H22O2/c1-9(2)8-11-6-7-13(4,5)12(11)15-10(3)14/h8-9,12H,6-7H2,1-5H3/b11-8+.